The van der Waals surface area contributed by atoms with Crippen molar-refractivity contribution in [2.45, 2.75) is 40.4 Å². The fourth-order valence-corrected chi connectivity index (χ4v) is 9.06. The lowest BCUT2D eigenvalue weighted by Crippen LogP contribution is -2.29. The average molecular weight is 546 g/mol. The summed E-state index contributed by atoms with van der Waals surface area (Å²) in [5, 5.41) is 10.3. The topological polar surface area (TPSA) is 83.8 Å². The van der Waals surface area contributed by atoms with Crippen LogP contribution in [0.3, 0.4) is 0 Å². The van der Waals surface area contributed by atoms with Crippen molar-refractivity contribution >= 4 is 19.8 Å². The minimum Gasteiger partial charge on any atom is -0.388 e. The van der Waals surface area contributed by atoms with Crippen LogP contribution >= 0.6 is 0 Å². The van der Waals surface area contributed by atoms with Gasteiger partial charge >= 0.3 is 0 Å². The summed E-state index contributed by atoms with van der Waals surface area (Å²) >= 11 is 0. The molecule has 4 rings (SSSR count). The highest BCUT2D eigenvalue weighted by molar-refractivity contribution is 8.03. The maximum Gasteiger partial charge on any atom is 0.290 e. The van der Waals surface area contributed by atoms with Crippen LogP contribution < -0.4 is 0 Å². The van der Waals surface area contributed by atoms with Gasteiger partial charge in [0.05, 0.1) is 26.0 Å². The summed E-state index contributed by atoms with van der Waals surface area (Å²) < 4.78 is 46.2. The number of rotatable bonds is 10. The number of benzene rings is 4. The maximum atomic E-state index is 15.0. The molecule has 0 spiro atoms. The van der Waals surface area contributed by atoms with E-state index in [0.29, 0.717) is 5.56 Å². The highest BCUT2D eigenvalue weighted by atomic mass is 32.3. The van der Waals surface area contributed by atoms with Crippen LogP contribution in [0.15, 0.2) is 141 Å². The van der Waals surface area contributed by atoms with Crippen LogP contribution in [0.1, 0.15) is 35.1 Å². The lowest BCUT2D eigenvalue weighted by molar-refractivity contribution is 0.158. The number of sulfonamides is 1. The van der Waals surface area contributed by atoms with E-state index in [1.165, 1.54) is 18.2 Å². The van der Waals surface area contributed by atoms with Gasteiger partial charge in [0.25, 0.3) is 10.0 Å². The van der Waals surface area contributed by atoms with Crippen LogP contribution in [-0.4, -0.2) is 23.0 Å². The van der Waals surface area contributed by atoms with Crippen molar-refractivity contribution in [1.29, 1.82) is 0 Å². The molecule has 0 aromatic heterocycles. The van der Waals surface area contributed by atoms with Crippen molar-refractivity contribution in [1.82, 2.24) is 0 Å². The van der Waals surface area contributed by atoms with E-state index in [4.69, 9.17) is 0 Å². The Morgan fingerprint density at radius 2 is 1.24 bits per heavy atom. The Hall–Kier alpha value is -3.52. The molecule has 38 heavy (non-hydrogen) atoms. The SMILES string of the molecule is C=CC([C@@H](C[C@@H](O)c1ccccc1)c1ccccc1)S(=O)(=NS(=O)(=O)c1ccc(C)cc1)c1ccccc1. The molecule has 4 aromatic rings. The average Bonchev–Trinajstić information content (AvgIpc) is 2.94. The first kappa shape index (κ1) is 27.5. The van der Waals surface area contributed by atoms with Gasteiger partial charge in [-0.1, -0.05) is 103 Å². The Morgan fingerprint density at radius 1 is 0.737 bits per heavy atom. The Morgan fingerprint density at radius 3 is 1.76 bits per heavy atom. The van der Waals surface area contributed by atoms with Gasteiger partial charge in [0.15, 0.2) is 0 Å². The molecule has 0 saturated carbocycles. The summed E-state index contributed by atoms with van der Waals surface area (Å²) in [6.07, 6.45) is 0.824. The Kier molecular flexibility index (Phi) is 8.62. The second kappa shape index (κ2) is 11.9. The maximum absolute atomic E-state index is 15.0. The first-order chi connectivity index (χ1) is 18.2. The van der Waals surface area contributed by atoms with Crippen molar-refractivity contribution < 1.29 is 17.7 Å². The lowest BCUT2D eigenvalue weighted by Gasteiger charge is -2.30. The van der Waals surface area contributed by atoms with Crippen molar-refractivity contribution in [2.24, 2.45) is 3.77 Å². The molecule has 7 heteroatoms. The number of aryl methyl sites for hydroxylation is 1. The van der Waals surface area contributed by atoms with Crippen molar-refractivity contribution in [3.8, 4) is 0 Å². The monoisotopic (exact) mass is 545 g/mol. The fraction of sp³-hybridized carbons (Fsp3) is 0.161. The largest absolute Gasteiger partial charge is 0.388 e. The van der Waals surface area contributed by atoms with Crippen LogP contribution in [0.2, 0.25) is 0 Å². The van der Waals surface area contributed by atoms with E-state index in [1.54, 1.807) is 42.5 Å². The van der Waals surface area contributed by atoms with Gasteiger partial charge in [-0.05, 0) is 48.7 Å². The van der Waals surface area contributed by atoms with Gasteiger partial charge < -0.3 is 5.11 Å². The minimum absolute atomic E-state index is 0.0323. The van der Waals surface area contributed by atoms with Crippen molar-refractivity contribution in [2.75, 3.05) is 0 Å². The number of aliphatic hydroxyl groups is 1. The van der Waals surface area contributed by atoms with Gasteiger partial charge in [-0.25, -0.2) is 4.21 Å². The smallest absolute Gasteiger partial charge is 0.290 e. The molecule has 0 bridgehead atoms. The molecule has 0 aliphatic rings. The van der Waals surface area contributed by atoms with Gasteiger partial charge in [0.1, 0.15) is 0 Å². The van der Waals surface area contributed by atoms with Crippen LogP contribution in [0, 0.1) is 6.92 Å². The molecule has 0 aliphatic heterocycles. The Balaban J connectivity index is 1.92. The molecule has 1 N–H and O–H groups in total. The second-order valence-corrected chi connectivity index (χ2v) is 13.3. The van der Waals surface area contributed by atoms with E-state index in [1.807, 2.05) is 67.6 Å². The third-order valence-corrected chi connectivity index (χ3v) is 11.2. The fourth-order valence-electron chi connectivity index (χ4n) is 4.49. The third kappa shape index (κ3) is 6.13. The molecule has 0 fully saturated rings. The quantitative estimate of drug-likeness (QED) is 0.226. The molecule has 0 radical (unpaired) electrons. The Labute approximate surface area is 225 Å². The summed E-state index contributed by atoms with van der Waals surface area (Å²) in [5.74, 6) is -0.548. The molecule has 0 amide bonds. The summed E-state index contributed by atoms with van der Waals surface area (Å²) in [6.45, 7) is 5.84. The normalized spacial score (nSPS) is 15.5. The zero-order chi connectivity index (χ0) is 27.2. The molecule has 4 aromatic carbocycles. The molecular weight excluding hydrogens is 514 g/mol. The molecule has 0 saturated heterocycles. The van der Waals surface area contributed by atoms with Crippen molar-refractivity contribution in [3.63, 3.8) is 0 Å². The summed E-state index contributed by atoms with van der Waals surface area (Å²) in [6, 6.07) is 33.3. The van der Waals surface area contributed by atoms with Gasteiger partial charge in [0, 0.05) is 10.8 Å². The van der Waals surface area contributed by atoms with Crippen LogP contribution in [0.5, 0.6) is 0 Å². The first-order valence-electron chi connectivity index (χ1n) is 12.3. The molecular formula is C31H31NO4S2. The third-order valence-electron chi connectivity index (χ3n) is 6.50. The van der Waals surface area contributed by atoms with E-state index in [0.717, 1.165) is 11.1 Å². The lowest BCUT2D eigenvalue weighted by atomic mass is 9.88. The highest BCUT2D eigenvalue weighted by Gasteiger charge is 2.35. The standard InChI is InChI=1S/C31H31NO4S2/c1-3-31(29(25-13-7-4-8-14-25)23-30(33)26-15-9-5-10-16-26)37(34,27-17-11-6-12-18-27)32-38(35,36)28-21-19-24(2)20-22-28/h3-22,29-31,33H,1,23H2,2H3/t29-,30+,31?,37?/m0/s1. The molecule has 0 heterocycles. The van der Waals surface area contributed by atoms with Gasteiger partial charge in [-0.2, -0.15) is 8.42 Å². The van der Waals surface area contributed by atoms with Gasteiger partial charge in [-0.15, -0.1) is 10.3 Å². The van der Waals surface area contributed by atoms with Crippen LogP contribution in [0.25, 0.3) is 0 Å². The van der Waals surface area contributed by atoms with E-state index in [2.05, 4.69) is 10.3 Å². The first-order valence-corrected chi connectivity index (χ1v) is 15.3. The van der Waals surface area contributed by atoms with E-state index in [9.17, 15) is 13.5 Å². The van der Waals surface area contributed by atoms with Crippen LogP contribution in [0.4, 0.5) is 0 Å². The molecule has 4 atom stereocenters. The molecule has 0 aliphatic carbocycles. The van der Waals surface area contributed by atoms with E-state index in [-0.39, 0.29) is 16.2 Å². The summed E-state index contributed by atoms with van der Waals surface area (Å²) in [7, 11) is -7.94. The number of hydrogen-bond donors (Lipinski definition) is 1. The Bertz CT molecular complexity index is 1580. The molecule has 2 unspecified atom stereocenters. The minimum atomic E-state index is -4.30. The molecule has 196 valence electrons. The number of hydrogen-bond acceptors (Lipinski definition) is 4. The van der Waals surface area contributed by atoms with E-state index >= 15 is 4.21 Å². The number of nitrogens with zero attached hydrogens (tertiary/aromatic N) is 1. The highest BCUT2D eigenvalue weighted by Crippen LogP contribution is 2.38. The van der Waals surface area contributed by atoms with E-state index < -0.39 is 37.0 Å². The summed E-state index contributed by atoms with van der Waals surface area (Å²) in [5.41, 5.74) is 2.42. The summed E-state index contributed by atoms with van der Waals surface area (Å²) in [4.78, 5) is 0.255. The number of aliphatic hydroxyl groups excluding tert-OH is 1. The van der Waals surface area contributed by atoms with Gasteiger partial charge in [-0.3, -0.25) is 0 Å². The zero-order valence-corrected chi connectivity index (χ0v) is 22.8. The van der Waals surface area contributed by atoms with Crippen LogP contribution in [-0.2, 0) is 19.8 Å². The zero-order valence-electron chi connectivity index (χ0n) is 21.1. The molecule has 5 nitrogen and oxygen atoms in total. The second-order valence-electron chi connectivity index (χ2n) is 9.12. The van der Waals surface area contributed by atoms with Gasteiger partial charge in [0.2, 0.25) is 0 Å². The predicted octanol–water partition coefficient (Wildman–Crippen LogP) is 6.67. The van der Waals surface area contributed by atoms with Crippen molar-refractivity contribution in [3.05, 3.63) is 145 Å². The predicted molar refractivity (Wildman–Crippen MR) is 153 cm³/mol.